The van der Waals surface area contributed by atoms with Crippen molar-refractivity contribution in [2.24, 2.45) is 0 Å². The molecule has 16 heavy (non-hydrogen) atoms. The van der Waals surface area contributed by atoms with Gasteiger partial charge in [0.15, 0.2) is 5.75 Å². The molecule has 1 N–H and O–H groups in total. The van der Waals surface area contributed by atoms with Crippen LogP contribution < -0.4 is 0 Å². The van der Waals surface area contributed by atoms with Gasteiger partial charge in [0.25, 0.3) is 0 Å². The van der Waals surface area contributed by atoms with Crippen molar-refractivity contribution in [1.29, 1.82) is 0 Å². The van der Waals surface area contributed by atoms with Crippen molar-refractivity contribution in [3.8, 4) is 5.75 Å². The van der Waals surface area contributed by atoms with Gasteiger partial charge in [-0.1, -0.05) is 6.42 Å². The Kier molecular flexibility index (Phi) is 3.72. The van der Waals surface area contributed by atoms with Crippen LogP contribution in [0, 0.1) is 6.92 Å². The van der Waals surface area contributed by atoms with E-state index in [1.54, 1.807) is 6.92 Å². The van der Waals surface area contributed by atoms with E-state index in [-0.39, 0.29) is 5.75 Å². The Balaban J connectivity index is 1.91. The molecule has 0 aromatic carbocycles. The van der Waals surface area contributed by atoms with Crippen molar-refractivity contribution in [2.45, 2.75) is 32.6 Å². The number of hydrogen-bond donors (Lipinski definition) is 1. The highest BCUT2D eigenvalue weighted by Crippen LogP contribution is 2.18. The Labute approximate surface area is 96.3 Å². The van der Waals surface area contributed by atoms with E-state index in [0.717, 1.165) is 18.7 Å². The molecule has 0 spiro atoms. The third-order valence-corrected chi connectivity index (χ3v) is 3.19. The van der Waals surface area contributed by atoms with Crippen molar-refractivity contribution in [3.05, 3.63) is 17.7 Å². The third kappa shape index (κ3) is 2.70. The molecule has 0 amide bonds. The van der Waals surface area contributed by atoms with E-state index < -0.39 is 0 Å². The Morgan fingerprint density at radius 1 is 1.25 bits per heavy atom. The summed E-state index contributed by atoms with van der Waals surface area (Å²) in [4.78, 5) is 10.5. The fraction of sp³-hybridized carbons (Fsp3) is 0.667. The summed E-state index contributed by atoms with van der Waals surface area (Å²) in [5, 5.41) is 9.78. The minimum absolute atomic E-state index is 0.263. The number of nitrogens with zero attached hydrogens (tertiary/aromatic N) is 3. The number of aromatic nitrogens is 2. The SMILES string of the molecule is Cc1ncnc(CCN2CCCCC2)c1O. The van der Waals surface area contributed by atoms with E-state index in [0.29, 0.717) is 5.69 Å². The molecule has 1 aliphatic rings. The topological polar surface area (TPSA) is 49.2 Å². The van der Waals surface area contributed by atoms with Gasteiger partial charge in [0.1, 0.15) is 6.33 Å². The Hall–Kier alpha value is -1.16. The quantitative estimate of drug-likeness (QED) is 0.840. The van der Waals surface area contributed by atoms with E-state index in [1.807, 2.05) is 0 Å². The van der Waals surface area contributed by atoms with Gasteiger partial charge < -0.3 is 10.0 Å². The highest BCUT2D eigenvalue weighted by molar-refractivity contribution is 5.29. The van der Waals surface area contributed by atoms with E-state index in [2.05, 4.69) is 14.9 Å². The summed E-state index contributed by atoms with van der Waals surface area (Å²) in [6.45, 7) is 5.17. The molecular weight excluding hydrogens is 202 g/mol. The lowest BCUT2D eigenvalue weighted by Crippen LogP contribution is -2.31. The first kappa shape index (κ1) is 11.3. The van der Waals surface area contributed by atoms with Crippen LogP contribution in [0.25, 0.3) is 0 Å². The monoisotopic (exact) mass is 221 g/mol. The summed E-state index contributed by atoms with van der Waals surface area (Å²) in [7, 11) is 0. The van der Waals surface area contributed by atoms with E-state index in [9.17, 15) is 5.11 Å². The molecule has 4 heteroatoms. The van der Waals surface area contributed by atoms with Crippen molar-refractivity contribution in [3.63, 3.8) is 0 Å². The molecule has 0 radical (unpaired) electrons. The van der Waals surface area contributed by atoms with Gasteiger partial charge in [-0.2, -0.15) is 0 Å². The minimum atomic E-state index is 0.263. The fourth-order valence-electron chi connectivity index (χ4n) is 2.15. The molecule has 1 aromatic rings. The second-order valence-electron chi connectivity index (χ2n) is 4.41. The molecule has 0 atom stereocenters. The summed E-state index contributed by atoms with van der Waals surface area (Å²) < 4.78 is 0. The molecule has 1 saturated heterocycles. The average Bonchev–Trinajstić information content (AvgIpc) is 2.32. The standard InChI is InChI=1S/C12H19N3O/c1-10-12(16)11(14-9-13-10)5-8-15-6-3-2-4-7-15/h9,16H,2-8H2,1H3. The van der Waals surface area contributed by atoms with Crippen LogP contribution in [0.2, 0.25) is 0 Å². The van der Waals surface area contributed by atoms with Crippen LogP contribution in [-0.4, -0.2) is 39.6 Å². The number of piperidine rings is 1. The number of aromatic hydroxyl groups is 1. The number of hydrogen-bond acceptors (Lipinski definition) is 4. The summed E-state index contributed by atoms with van der Waals surface area (Å²) in [6.07, 6.45) is 6.30. The first-order valence-electron chi connectivity index (χ1n) is 5.99. The first-order valence-corrected chi connectivity index (χ1v) is 5.99. The highest BCUT2D eigenvalue weighted by atomic mass is 16.3. The summed E-state index contributed by atoms with van der Waals surface area (Å²) in [5.41, 5.74) is 1.45. The average molecular weight is 221 g/mol. The third-order valence-electron chi connectivity index (χ3n) is 3.19. The molecule has 2 heterocycles. The van der Waals surface area contributed by atoms with Crippen molar-refractivity contribution >= 4 is 0 Å². The van der Waals surface area contributed by atoms with E-state index >= 15 is 0 Å². The first-order chi connectivity index (χ1) is 7.77. The lowest BCUT2D eigenvalue weighted by atomic mass is 10.1. The van der Waals surface area contributed by atoms with Gasteiger partial charge in [-0.05, 0) is 32.9 Å². The van der Waals surface area contributed by atoms with Gasteiger partial charge in [0.05, 0.1) is 11.4 Å². The highest BCUT2D eigenvalue weighted by Gasteiger charge is 2.12. The normalized spacial score (nSPS) is 17.6. The Morgan fingerprint density at radius 3 is 2.75 bits per heavy atom. The van der Waals surface area contributed by atoms with Crippen LogP contribution in [0.5, 0.6) is 5.75 Å². The van der Waals surface area contributed by atoms with Crippen LogP contribution in [0.3, 0.4) is 0 Å². The van der Waals surface area contributed by atoms with Gasteiger partial charge in [-0.25, -0.2) is 9.97 Å². The Bertz CT molecular complexity index is 348. The van der Waals surface area contributed by atoms with Gasteiger partial charge >= 0.3 is 0 Å². The van der Waals surface area contributed by atoms with Crippen LogP contribution in [0.1, 0.15) is 30.7 Å². The van der Waals surface area contributed by atoms with E-state index in [4.69, 9.17) is 0 Å². The zero-order valence-electron chi connectivity index (χ0n) is 9.82. The number of aryl methyl sites for hydroxylation is 1. The smallest absolute Gasteiger partial charge is 0.158 e. The van der Waals surface area contributed by atoms with Crippen molar-refractivity contribution < 1.29 is 5.11 Å². The molecule has 0 bridgehead atoms. The predicted octanol–water partition coefficient (Wildman–Crippen LogP) is 1.52. The molecule has 1 fully saturated rings. The van der Waals surface area contributed by atoms with Gasteiger partial charge in [-0.3, -0.25) is 0 Å². The van der Waals surface area contributed by atoms with Crippen molar-refractivity contribution in [1.82, 2.24) is 14.9 Å². The van der Waals surface area contributed by atoms with Gasteiger partial charge in [0, 0.05) is 13.0 Å². The van der Waals surface area contributed by atoms with Crippen LogP contribution in [0.4, 0.5) is 0 Å². The lowest BCUT2D eigenvalue weighted by Gasteiger charge is -2.26. The second-order valence-corrected chi connectivity index (χ2v) is 4.41. The molecule has 0 unspecified atom stereocenters. The number of likely N-dealkylation sites (tertiary alicyclic amines) is 1. The number of rotatable bonds is 3. The molecule has 2 rings (SSSR count). The van der Waals surface area contributed by atoms with E-state index in [1.165, 1.54) is 38.7 Å². The second kappa shape index (κ2) is 5.25. The predicted molar refractivity (Wildman–Crippen MR) is 62.4 cm³/mol. The van der Waals surface area contributed by atoms with Crippen molar-refractivity contribution in [2.75, 3.05) is 19.6 Å². The molecule has 0 aliphatic carbocycles. The van der Waals surface area contributed by atoms with Gasteiger partial charge in [0.2, 0.25) is 0 Å². The fourth-order valence-corrected chi connectivity index (χ4v) is 2.15. The summed E-state index contributed by atoms with van der Waals surface area (Å²) in [5.74, 6) is 0.263. The van der Waals surface area contributed by atoms with Gasteiger partial charge in [-0.15, -0.1) is 0 Å². The molecular formula is C12H19N3O. The minimum Gasteiger partial charge on any atom is -0.504 e. The lowest BCUT2D eigenvalue weighted by molar-refractivity contribution is 0.230. The maximum absolute atomic E-state index is 9.78. The Morgan fingerprint density at radius 2 is 2.00 bits per heavy atom. The maximum Gasteiger partial charge on any atom is 0.158 e. The maximum atomic E-state index is 9.78. The van der Waals surface area contributed by atoms with Crippen LogP contribution >= 0.6 is 0 Å². The molecule has 88 valence electrons. The zero-order valence-corrected chi connectivity index (χ0v) is 9.82. The summed E-state index contributed by atoms with van der Waals surface area (Å²) >= 11 is 0. The molecule has 0 saturated carbocycles. The van der Waals surface area contributed by atoms with Crippen LogP contribution in [-0.2, 0) is 6.42 Å². The summed E-state index contributed by atoms with van der Waals surface area (Å²) in [6, 6.07) is 0. The largest absolute Gasteiger partial charge is 0.504 e. The molecule has 1 aliphatic heterocycles. The molecule has 1 aromatic heterocycles. The van der Waals surface area contributed by atoms with Crippen LogP contribution in [0.15, 0.2) is 6.33 Å². The molecule has 4 nitrogen and oxygen atoms in total. The zero-order chi connectivity index (χ0) is 11.4.